The maximum absolute atomic E-state index is 13.3. The van der Waals surface area contributed by atoms with Crippen LogP contribution in [0.1, 0.15) is 42.6 Å². The molecule has 1 N–H and O–H groups in total. The van der Waals surface area contributed by atoms with Crippen molar-refractivity contribution in [2.24, 2.45) is 5.92 Å². The van der Waals surface area contributed by atoms with Gasteiger partial charge in [-0.2, -0.15) is 5.10 Å². The number of rotatable bonds is 6. The van der Waals surface area contributed by atoms with E-state index >= 15 is 0 Å². The topological polar surface area (TPSA) is 61.5 Å². The highest BCUT2D eigenvalue weighted by Crippen LogP contribution is 2.31. The number of benzene rings is 1. The van der Waals surface area contributed by atoms with Gasteiger partial charge in [0.15, 0.2) is 5.69 Å². The van der Waals surface area contributed by atoms with E-state index in [1.807, 2.05) is 29.2 Å². The predicted molar refractivity (Wildman–Crippen MR) is 106 cm³/mol. The zero-order chi connectivity index (χ0) is 18.6. The van der Waals surface area contributed by atoms with Crippen LogP contribution in [0.4, 0.5) is 0 Å². The number of carbonyl (C=O) groups is 1. The molecule has 1 aromatic heterocycles. The van der Waals surface area contributed by atoms with Crippen LogP contribution in [0.5, 0.6) is 0 Å². The number of fused-ring (bicyclic) bond motifs is 2. The third kappa shape index (κ3) is 3.87. The van der Waals surface area contributed by atoms with E-state index in [0.717, 1.165) is 17.4 Å². The highest BCUT2D eigenvalue weighted by Gasteiger charge is 2.35. The second kappa shape index (κ2) is 8.40. The molecule has 2 atom stereocenters. The van der Waals surface area contributed by atoms with Crippen molar-refractivity contribution < 1.29 is 9.53 Å². The molecule has 6 heteroatoms. The molecule has 0 saturated carbocycles. The minimum atomic E-state index is 0.0115. The third-order valence-corrected chi connectivity index (χ3v) is 6.21. The number of aromatic nitrogens is 2. The van der Waals surface area contributed by atoms with Gasteiger partial charge in [-0.25, -0.2) is 0 Å². The molecule has 2 aliphatic heterocycles. The summed E-state index contributed by atoms with van der Waals surface area (Å²) >= 11 is 0. The molecule has 2 saturated heterocycles. The standard InChI is InChI=1S/C21H30N4O2/c1-27-14-13-25(15-16-7-6-12-24-11-5-4-10-19(16)24)21(26)20-17-8-2-3-9-18(17)22-23-20/h2-3,8-9,16,19H,4-7,10-15H2,1H3,(H,22,23)/t16-,19-/m0/s1. The van der Waals surface area contributed by atoms with Crippen LogP contribution in [0.2, 0.25) is 0 Å². The van der Waals surface area contributed by atoms with E-state index in [-0.39, 0.29) is 5.91 Å². The van der Waals surface area contributed by atoms with Gasteiger partial charge in [-0.3, -0.25) is 9.89 Å². The molecule has 4 rings (SSSR count). The molecule has 0 unspecified atom stereocenters. The van der Waals surface area contributed by atoms with Gasteiger partial charge in [0, 0.05) is 31.6 Å². The number of ether oxygens (including phenoxy) is 1. The molecular weight excluding hydrogens is 340 g/mol. The summed E-state index contributed by atoms with van der Waals surface area (Å²) in [4.78, 5) is 18.0. The maximum Gasteiger partial charge on any atom is 0.275 e. The number of carbonyl (C=O) groups excluding carboxylic acids is 1. The summed E-state index contributed by atoms with van der Waals surface area (Å²) in [5, 5.41) is 8.22. The van der Waals surface area contributed by atoms with Crippen molar-refractivity contribution in [2.45, 2.75) is 38.1 Å². The maximum atomic E-state index is 13.3. The summed E-state index contributed by atoms with van der Waals surface area (Å²) in [7, 11) is 1.69. The second-order valence-corrected chi connectivity index (χ2v) is 7.86. The predicted octanol–water partition coefficient (Wildman–Crippen LogP) is 2.92. The van der Waals surface area contributed by atoms with Crippen LogP contribution in [0.3, 0.4) is 0 Å². The SMILES string of the molecule is COCCN(C[C@@H]1CCCN2CCCC[C@@H]12)C(=O)c1n[nH]c2ccccc12. The lowest BCUT2D eigenvalue weighted by atomic mass is 9.83. The molecule has 2 fully saturated rings. The molecule has 27 heavy (non-hydrogen) atoms. The summed E-state index contributed by atoms with van der Waals surface area (Å²) in [5.41, 5.74) is 1.43. The molecule has 1 aromatic carbocycles. The number of nitrogens with zero attached hydrogens (tertiary/aromatic N) is 3. The number of piperidine rings is 2. The van der Waals surface area contributed by atoms with Crippen LogP contribution in [0.25, 0.3) is 10.9 Å². The van der Waals surface area contributed by atoms with Gasteiger partial charge in [-0.05, 0) is 50.8 Å². The van der Waals surface area contributed by atoms with Gasteiger partial charge in [-0.1, -0.05) is 24.6 Å². The van der Waals surface area contributed by atoms with Gasteiger partial charge in [0.05, 0.1) is 12.1 Å². The summed E-state index contributed by atoms with van der Waals surface area (Å²) in [6, 6.07) is 8.46. The first-order valence-corrected chi connectivity index (χ1v) is 10.2. The van der Waals surface area contributed by atoms with Crippen molar-refractivity contribution in [3.05, 3.63) is 30.0 Å². The molecule has 0 radical (unpaired) electrons. The molecule has 3 heterocycles. The van der Waals surface area contributed by atoms with Crippen LogP contribution in [-0.2, 0) is 4.74 Å². The highest BCUT2D eigenvalue weighted by atomic mass is 16.5. The molecule has 2 aromatic rings. The third-order valence-electron chi connectivity index (χ3n) is 6.21. The summed E-state index contributed by atoms with van der Waals surface area (Å²) in [6.07, 6.45) is 6.34. The van der Waals surface area contributed by atoms with Crippen molar-refractivity contribution in [3.63, 3.8) is 0 Å². The molecule has 0 aliphatic carbocycles. The van der Waals surface area contributed by atoms with E-state index in [2.05, 4.69) is 15.1 Å². The average Bonchev–Trinajstić information content (AvgIpc) is 3.15. The zero-order valence-electron chi connectivity index (χ0n) is 16.2. The Hall–Kier alpha value is -1.92. The smallest absolute Gasteiger partial charge is 0.275 e. The minimum Gasteiger partial charge on any atom is -0.383 e. The Balaban J connectivity index is 1.54. The van der Waals surface area contributed by atoms with Gasteiger partial charge in [0.2, 0.25) is 0 Å². The normalized spacial score (nSPS) is 23.3. The quantitative estimate of drug-likeness (QED) is 0.849. The molecule has 0 spiro atoms. The number of nitrogens with one attached hydrogen (secondary N) is 1. The number of H-pyrrole nitrogens is 1. The lowest BCUT2D eigenvalue weighted by Gasteiger charge is -2.45. The van der Waals surface area contributed by atoms with Crippen LogP contribution in [-0.4, -0.2) is 71.8 Å². The van der Waals surface area contributed by atoms with Crippen molar-refractivity contribution in [3.8, 4) is 0 Å². The Morgan fingerprint density at radius 3 is 3.00 bits per heavy atom. The van der Waals surface area contributed by atoms with Gasteiger partial charge < -0.3 is 14.5 Å². The lowest BCUT2D eigenvalue weighted by Crippen LogP contribution is -2.52. The minimum absolute atomic E-state index is 0.0115. The van der Waals surface area contributed by atoms with Gasteiger partial charge in [0.25, 0.3) is 5.91 Å². The Kier molecular flexibility index (Phi) is 5.74. The molecular formula is C21H30N4O2. The van der Waals surface area contributed by atoms with E-state index < -0.39 is 0 Å². The van der Waals surface area contributed by atoms with E-state index in [1.54, 1.807) is 7.11 Å². The van der Waals surface area contributed by atoms with Crippen LogP contribution < -0.4 is 0 Å². The van der Waals surface area contributed by atoms with Crippen LogP contribution in [0.15, 0.2) is 24.3 Å². The average molecular weight is 370 g/mol. The number of hydrogen-bond acceptors (Lipinski definition) is 4. The first-order valence-electron chi connectivity index (χ1n) is 10.2. The Bertz CT molecular complexity index is 772. The van der Waals surface area contributed by atoms with Gasteiger partial charge >= 0.3 is 0 Å². The molecule has 146 valence electrons. The zero-order valence-corrected chi connectivity index (χ0v) is 16.2. The number of amides is 1. The molecule has 0 bridgehead atoms. The number of aromatic amines is 1. The fraction of sp³-hybridized carbons (Fsp3) is 0.619. The Morgan fingerprint density at radius 1 is 1.26 bits per heavy atom. The second-order valence-electron chi connectivity index (χ2n) is 7.86. The largest absolute Gasteiger partial charge is 0.383 e. The lowest BCUT2D eigenvalue weighted by molar-refractivity contribution is 0.0314. The van der Waals surface area contributed by atoms with E-state index in [1.165, 1.54) is 45.2 Å². The van der Waals surface area contributed by atoms with Gasteiger partial charge in [0.1, 0.15) is 0 Å². The summed E-state index contributed by atoms with van der Waals surface area (Å²) < 4.78 is 5.29. The Labute approximate surface area is 160 Å². The summed E-state index contributed by atoms with van der Waals surface area (Å²) in [5.74, 6) is 0.558. The number of methoxy groups -OCH3 is 1. The molecule has 6 nitrogen and oxygen atoms in total. The van der Waals surface area contributed by atoms with Crippen molar-refractivity contribution in [1.82, 2.24) is 20.0 Å². The van der Waals surface area contributed by atoms with E-state index in [9.17, 15) is 4.79 Å². The van der Waals surface area contributed by atoms with Crippen molar-refractivity contribution in [2.75, 3.05) is 39.9 Å². The number of para-hydroxylation sites is 1. The van der Waals surface area contributed by atoms with E-state index in [0.29, 0.717) is 30.8 Å². The first-order chi connectivity index (χ1) is 13.3. The number of hydrogen-bond donors (Lipinski definition) is 1. The fourth-order valence-corrected chi connectivity index (χ4v) is 4.83. The van der Waals surface area contributed by atoms with Crippen molar-refractivity contribution in [1.29, 1.82) is 0 Å². The fourth-order valence-electron chi connectivity index (χ4n) is 4.83. The summed E-state index contributed by atoms with van der Waals surface area (Å²) in [6.45, 7) is 4.40. The van der Waals surface area contributed by atoms with Crippen LogP contribution in [0, 0.1) is 5.92 Å². The highest BCUT2D eigenvalue weighted by molar-refractivity contribution is 6.04. The Morgan fingerprint density at radius 2 is 2.11 bits per heavy atom. The van der Waals surface area contributed by atoms with Gasteiger partial charge in [-0.15, -0.1) is 0 Å². The molecule has 1 amide bonds. The molecule has 2 aliphatic rings. The first kappa shape index (κ1) is 18.4. The van der Waals surface area contributed by atoms with E-state index in [4.69, 9.17) is 4.74 Å². The monoisotopic (exact) mass is 370 g/mol. The van der Waals surface area contributed by atoms with Crippen LogP contribution >= 0.6 is 0 Å². The van der Waals surface area contributed by atoms with Crippen molar-refractivity contribution >= 4 is 16.8 Å².